The predicted octanol–water partition coefficient (Wildman–Crippen LogP) is 4.65. The lowest BCUT2D eigenvalue weighted by atomic mass is 10.0. The smallest absolute Gasteiger partial charge is 0.348 e. The van der Waals surface area contributed by atoms with Crippen LogP contribution in [0.25, 0.3) is 0 Å². The van der Waals surface area contributed by atoms with Gasteiger partial charge in [-0.1, -0.05) is 30.1 Å². The second-order valence-electron chi connectivity index (χ2n) is 7.83. The Kier molecular flexibility index (Phi) is 8.23. The van der Waals surface area contributed by atoms with Crippen molar-refractivity contribution in [1.29, 1.82) is 0 Å². The SMILES string of the molecule is CCS(=O)(=O)c1ccc(Cl)cc1CNC(=O)c1cc(Cl)c(CN2CCCNC2=O)c(C(F)(F)F)c1. The van der Waals surface area contributed by atoms with E-state index in [0.29, 0.717) is 19.0 Å². The lowest BCUT2D eigenvalue weighted by molar-refractivity contribution is -0.138. The van der Waals surface area contributed by atoms with Crippen LogP contribution in [0.15, 0.2) is 35.2 Å². The molecular weight excluding hydrogens is 530 g/mol. The Hall–Kier alpha value is -2.50. The Morgan fingerprint density at radius 3 is 2.54 bits per heavy atom. The lowest BCUT2D eigenvalue weighted by Gasteiger charge is -2.29. The van der Waals surface area contributed by atoms with Gasteiger partial charge in [0.15, 0.2) is 9.84 Å². The number of carbonyl (C=O) groups excluding carboxylic acids is 2. The molecule has 13 heteroatoms. The van der Waals surface area contributed by atoms with E-state index in [2.05, 4.69) is 10.6 Å². The Bertz CT molecular complexity index is 1250. The summed E-state index contributed by atoms with van der Waals surface area (Å²) in [5.41, 5.74) is -1.62. The summed E-state index contributed by atoms with van der Waals surface area (Å²) in [6.45, 7) is 1.50. The van der Waals surface area contributed by atoms with Crippen molar-refractivity contribution in [2.75, 3.05) is 18.8 Å². The zero-order valence-electron chi connectivity index (χ0n) is 18.5. The highest BCUT2D eigenvalue weighted by Crippen LogP contribution is 2.37. The normalized spacial score (nSPS) is 14.6. The Morgan fingerprint density at radius 2 is 1.91 bits per heavy atom. The van der Waals surface area contributed by atoms with Gasteiger partial charge < -0.3 is 15.5 Å². The third-order valence-corrected chi connectivity index (χ3v) is 7.86. The van der Waals surface area contributed by atoms with E-state index in [-0.39, 0.29) is 57.0 Å². The van der Waals surface area contributed by atoms with E-state index in [1.165, 1.54) is 30.0 Å². The monoisotopic (exact) mass is 551 g/mol. The molecule has 1 saturated heterocycles. The van der Waals surface area contributed by atoms with Gasteiger partial charge in [-0.25, -0.2) is 13.2 Å². The molecule has 1 aliphatic rings. The number of nitrogens with one attached hydrogen (secondary N) is 2. The number of benzene rings is 2. The van der Waals surface area contributed by atoms with Crippen LogP contribution in [0.3, 0.4) is 0 Å². The topological polar surface area (TPSA) is 95.6 Å². The minimum absolute atomic E-state index is 0.0335. The van der Waals surface area contributed by atoms with Gasteiger partial charge in [0.05, 0.1) is 16.2 Å². The second-order valence-corrected chi connectivity index (χ2v) is 10.9. The van der Waals surface area contributed by atoms with Gasteiger partial charge in [0, 0.05) is 47.4 Å². The van der Waals surface area contributed by atoms with Crippen LogP contribution in [0.2, 0.25) is 10.0 Å². The molecule has 0 radical (unpaired) electrons. The fraction of sp³-hybridized carbons (Fsp3) is 0.364. The Labute approximate surface area is 210 Å². The number of alkyl halides is 3. The maximum absolute atomic E-state index is 13.9. The van der Waals surface area contributed by atoms with Crippen LogP contribution < -0.4 is 10.6 Å². The standard InChI is InChI=1S/C22H22Cl2F3N3O4S/c1-2-35(33,34)19-5-4-15(23)8-14(19)11-29-20(31)13-9-17(22(25,26)27)16(18(24)10-13)12-30-7-3-6-28-21(30)32/h4-5,8-10H,2-3,6-7,11-12H2,1H3,(H,28,32)(H,29,31). The van der Waals surface area contributed by atoms with Crippen LogP contribution in [0.1, 0.15) is 40.4 Å². The third-order valence-electron chi connectivity index (χ3n) is 5.46. The number of urea groups is 1. The van der Waals surface area contributed by atoms with E-state index in [9.17, 15) is 31.2 Å². The van der Waals surface area contributed by atoms with Crippen molar-refractivity contribution in [3.63, 3.8) is 0 Å². The molecule has 190 valence electrons. The molecule has 2 aromatic carbocycles. The molecule has 1 heterocycles. The fourth-order valence-electron chi connectivity index (χ4n) is 3.62. The minimum Gasteiger partial charge on any atom is -0.348 e. The van der Waals surface area contributed by atoms with E-state index in [1.54, 1.807) is 0 Å². The molecule has 0 spiro atoms. The van der Waals surface area contributed by atoms with Gasteiger partial charge >= 0.3 is 12.2 Å². The average Bonchev–Trinajstić information content (AvgIpc) is 2.79. The van der Waals surface area contributed by atoms with Gasteiger partial charge in [-0.05, 0) is 42.3 Å². The summed E-state index contributed by atoms with van der Waals surface area (Å²) < 4.78 is 66.2. The molecule has 1 fully saturated rings. The highest BCUT2D eigenvalue weighted by molar-refractivity contribution is 7.91. The van der Waals surface area contributed by atoms with E-state index < -0.39 is 33.5 Å². The molecule has 1 aliphatic heterocycles. The minimum atomic E-state index is -4.84. The number of amides is 3. The van der Waals surface area contributed by atoms with Crippen molar-refractivity contribution in [1.82, 2.24) is 15.5 Å². The second kappa shape index (κ2) is 10.6. The quantitative estimate of drug-likeness (QED) is 0.523. The summed E-state index contributed by atoms with van der Waals surface area (Å²) in [6.07, 6.45) is -4.26. The largest absolute Gasteiger partial charge is 0.416 e. The van der Waals surface area contributed by atoms with Crippen molar-refractivity contribution in [3.8, 4) is 0 Å². The predicted molar refractivity (Wildman–Crippen MR) is 125 cm³/mol. The molecular formula is C22H22Cl2F3N3O4S. The van der Waals surface area contributed by atoms with Crippen molar-refractivity contribution >= 4 is 45.0 Å². The summed E-state index contributed by atoms with van der Waals surface area (Å²) in [4.78, 5) is 25.9. The van der Waals surface area contributed by atoms with Crippen LogP contribution in [-0.4, -0.2) is 44.1 Å². The van der Waals surface area contributed by atoms with Crippen molar-refractivity contribution in [2.24, 2.45) is 0 Å². The van der Waals surface area contributed by atoms with Gasteiger partial charge in [0.25, 0.3) is 5.91 Å². The first-order valence-electron chi connectivity index (χ1n) is 10.5. The zero-order valence-corrected chi connectivity index (χ0v) is 20.8. The first kappa shape index (κ1) is 27.1. The van der Waals surface area contributed by atoms with Crippen molar-refractivity contribution in [2.45, 2.75) is 37.5 Å². The molecule has 0 aromatic heterocycles. The summed E-state index contributed by atoms with van der Waals surface area (Å²) in [5.74, 6) is -1.07. The maximum Gasteiger partial charge on any atom is 0.416 e. The molecule has 2 N–H and O–H groups in total. The highest BCUT2D eigenvalue weighted by Gasteiger charge is 2.36. The van der Waals surface area contributed by atoms with Gasteiger partial charge in [-0.15, -0.1) is 0 Å². The molecule has 0 bridgehead atoms. The zero-order chi connectivity index (χ0) is 26.0. The van der Waals surface area contributed by atoms with E-state index in [0.717, 1.165) is 6.07 Å². The molecule has 3 amide bonds. The Morgan fingerprint density at radius 1 is 1.20 bits per heavy atom. The number of nitrogens with zero attached hydrogens (tertiary/aromatic N) is 1. The van der Waals surface area contributed by atoms with Gasteiger partial charge in [0.1, 0.15) is 0 Å². The molecule has 2 aromatic rings. The molecule has 0 atom stereocenters. The van der Waals surface area contributed by atoms with Crippen LogP contribution in [0.5, 0.6) is 0 Å². The molecule has 0 unspecified atom stereocenters. The molecule has 0 saturated carbocycles. The molecule has 7 nitrogen and oxygen atoms in total. The Balaban J connectivity index is 1.89. The first-order chi connectivity index (χ1) is 16.3. The maximum atomic E-state index is 13.9. The number of carbonyl (C=O) groups is 2. The van der Waals surface area contributed by atoms with E-state index >= 15 is 0 Å². The number of sulfone groups is 1. The van der Waals surface area contributed by atoms with E-state index in [4.69, 9.17) is 23.2 Å². The first-order valence-corrected chi connectivity index (χ1v) is 13.0. The molecule has 3 rings (SSSR count). The van der Waals surface area contributed by atoms with Crippen molar-refractivity contribution < 1.29 is 31.2 Å². The number of hydrogen-bond donors (Lipinski definition) is 2. The molecule has 0 aliphatic carbocycles. The number of hydrogen-bond acceptors (Lipinski definition) is 4. The number of halogens is 5. The fourth-order valence-corrected chi connectivity index (χ4v) is 5.21. The summed E-state index contributed by atoms with van der Waals surface area (Å²) in [6, 6.07) is 5.33. The van der Waals surface area contributed by atoms with Crippen LogP contribution in [0, 0.1) is 0 Å². The third kappa shape index (κ3) is 6.39. The van der Waals surface area contributed by atoms with Gasteiger partial charge in [-0.3, -0.25) is 4.79 Å². The van der Waals surface area contributed by atoms with Gasteiger partial charge in [-0.2, -0.15) is 13.2 Å². The van der Waals surface area contributed by atoms with Crippen LogP contribution in [0.4, 0.5) is 18.0 Å². The van der Waals surface area contributed by atoms with Gasteiger partial charge in [0.2, 0.25) is 0 Å². The lowest BCUT2D eigenvalue weighted by Crippen LogP contribution is -2.46. The van der Waals surface area contributed by atoms with Crippen molar-refractivity contribution in [3.05, 3.63) is 62.6 Å². The summed E-state index contributed by atoms with van der Waals surface area (Å²) in [7, 11) is -3.63. The van der Waals surface area contributed by atoms with E-state index in [1.807, 2.05) is 0 Å². The highest BCUT2D eigenvalue weighted by atomic mass is 35.5. The summed E-state index contributed by atoms with van der Waals surface area (Å²) >= 11 is 12.1. The molecule has 35 heavy (non-hydrogen) atoms. The number of rotatable bonds is 7. The van der Waals surface area contributed by atoms with Crippen LogP contribution in [-0.2, 0) is 29.1 Å². The average molecular weight is 552 g/mol. The van der Waals surface area contributed by atoms with Crippen LogP contribution >= 0.6 is 23.2 Å². The summed E-state index contributed by atoms with van der Waals surface area (Å²) in [5, 5.41) is 4.91.